The minimum atomic E-state index is -0.615. The quantitative estimate of drug-likeness (QED) is 0.424. The van der Waals surface area contributed by atoms with Crippen LogP contribution in [0.4, 0.5) is 5.69 Å². The van der Waals surface area contributed by atoms with Gasteiger partial charge in [-0.15, -0.1) is 0 Å². The molecule has 0 saturated heterocycles. The zero-order valence-corrected chi connectivity index (χ0v) is 21.1. The zero-order chi connectivity index (χ0) is 24.8. The minimum Gasteiger partial charge on any atom is -0.495 e. The van der Waals surface area contributed by atoms with E-state index in [2.05, 4.69) is 9.69 Å². The molecule has 2 atom stereocenters. The molecule has 182 valence electrons. The molecular weight excluding hydrogens is 454 g/mol. The van der Waals surface area contributed by atoms with Gasteiger partial charge in [0.25, 0.3) is 0 Å². The van der Waals surface area contributed by atoms with E-state index >= 15 is 0 Å². The molecule has 0 aliphatic rings. The van der Waals surface area contributed by atoms with E-state index in [4.69, 9.17) is 24.7 Å². The number of nitrogens with zero attached hydrogens (tertiary/aromatic N) is 1. The minimum absolute atomic E-state index is 0.0573. The molecular formula is C25H31N3O5S. The summed E-state index contributed by atoms with van der Waals surface area (Å²) in [5, 5.41) is 2.93. The van der Waals surface area contributed by atoms with Gasteiger partial charge >= 0.3 is 0 Å². The predicted octanol–water partition coefficient (Wildman–Crippen LogP) is 4.82. The third kappa shape index (κ3) is 5.10. The fourth-order valence-electron chi connectivity index (χ4n) is 3.57. The van der Waals surface area contributed by atoms with Gasteiger partial charge in [0, 0.05) is 17.3 Å². The second kappa shape index (κ2) is 11.2. The Kier molecular flexibility index (Phi) is 8.36. The molecule has 9 heteroatoms. The molecule has 0 radical (unpaired) electrons. The number of rotatable bonds is 10. The van der Waals surface area contributed by atoms with Crippen molar-refractivity contribution in [1.82, 2.24) is 4.37 Å². The largest absolute Gasteiger partial charge is 0.495 e. The van der Waals surface area contributed by atoms with Crippen molar-refractivity contribution in [2.75, 3.05) is 33.8 Å². The van der Waals surface area contributed by atoms with Crippen molar-refractivity contribution < 1.29 is 23.7 Å². The molecule has 1 amide bonds. The first-order valence-electron chi connectivity index (χ1n) is 10.9. The topological polar surface area (TPSA) is 105 Å². The third-order valence-electron chi connectivity index (χ3n) is 5.83. The number of amides is 1. The van der Waals surface area contributed by atoms with Crippen LogP contribution in [0.25, 0.3) is 21.6 Å². The highest BCUT2D eigenvalue weighted by Crippen LogP contribution is 2.45. The van der Waals surface area contributed by atoms with Crippen molar-refractivity contribution >= 4 is 23.1 Å². The van der Waals surface area contributed by atoms with Crippen molar-refractivity contribution in [1.29, 1.82) is 0 Å². The SMILES string of the molecule is CCC(C)C(N)C(=O)Nc1cc(-c2cnsc2-c2cc(OC)c(OC)c(OC)c2)ccc1OC. The standard InChI is InChI=1S/C25H31N3O5S/c1-7-14(2)22(26)25(29)28-18-10-15(8-9-19(18)30-3)17-13-27-34-24(17)16-11-20(31-4)23(33-6)21(12-16)32-5/h8-14,22H,7,26H2,1-6H3,(H,28,29). The summed E-state index contributed by atoms with van der Waals surface area (Å²) >= 11 is 1.35. The summed E-state index contributed by atoms with van der Waals surface area (Å²) in [6, 6.07) is 8.76. The Balaban J connectivity index is 2.03. The van der Waals surface area contributed by atoms with E-state index < -0.39 is 6.04 Å². The molecule has 2 unspecified atom stereocenters. The van der Waals surface area contributed by atoms with Gasteiger partial charge in [-0.25, -0.2) is 0 Å². The summed E-state index contributed by atoms with van der Waals surface area (Å²) in [6.07, 6.45) is 2.60. The summed E-state index contributed by atoms with van der Waals surface area (Å²) in [4.78, 5) is 13.6. The van der Waals surface area contributed by atoms with Gasteiger partial charge in [0.05, 0.1) is 45.0 Å². The van der Waals surface area contributed by atoms with Crippen LogP contribution in [0.2, 0.25) is 0 Å². The highest BCUT2D eigenvalue weighted by atomic mass is 32.1. The first-order chi connectivity index (χ1) is 16.4. The first kappa shape index (κ1) is 25.3. The van der Waals surface area contributed by atoms with E-state index in [-0.39, 0.29) is 11.8 Å². The van der Waals surface area contributed by atoms with Crippen LogP contribution >= 0.6 is 11.5 Å². The number of nitrogens with two attached hydrogens (primary N) is 1. The second-order valence-electron chi connectivity index (χ2n) is 7.80. The van der Waals surface area contributed by atoms with Gasteiger partial charge in [0.1, 0.15) is 5.75 Å². The van der Waals surface area contributed by atoms with Gasteiger partial charge in [-0.05, 0) is 47.3 Å². The van der Waals surface area contributed by atoms with Gasteiger partial charge in [-0.1, -0.05) is 26.3 Å². The molecule has 3 rings (SSSR count). The number of carbonyl (C=O) groups excluding carboxylic acids is 1. The monoisotopic (exact) mass is 485 g/mol. The highest BCUT2D eigenvalue weighted by molar-refractivity contribution is 7.10. The van der Waals surface area contributed by atoms with Crippen LogP contribution in [0.1, 0.15) is 20.3 Å². The molecule has 0 aliphatic carbocycles. The average molecular weight is 486 g/mol. The number of anilines is 1. The lowest BCUT2D eigenvalue weighted by molar-refractivity contribution is -0.118. The van der Waals surface area contributed by atoms with Gasteiger partial charge in [-0.3, -0.25) is 4.79 Å². The summed E-state index contributed by atoms with van der Waals surface area (Å²) in [5.41, 5.74) is 9.30. The van der Waals surface area contributed by atoms with Crippen molar-refractivity contribution in [2.24, 2.45) is 11.7 Å². The van der Waals surface area contributed by atoms with Crippen LogP contribution in [-0.4, -0.2) is 44.8 Å². The molecule has 0 aliphatic heterocycles. The molecule has 0 spiro atoms. The van der Waals surface area contributed by atoms with E-state index in [0.29, 0.717) is 28.7 Å². The molecule has 2 aromatic carbocycles. The van der Waals surface area contributed by atoms with Crippen molar-refractivity contribution in [3.8, 4) is 44.6 Å². The fraction of sp³-hybridized carbons (Fsp3) is 0.360. The number of nitrogens with one attached hydrogen (secondary N) is 1. The fourth-order valence-corrected chi connectivity index (χ4v) is 4.32. The van der Waals surface area contributed by atoms with E-state index in [9.17, 15) is 4.79 Å². The smallest absolute Gasteiger partial charge is 0.241 e. The molecule has 0 bridgehead atoms. The number of hydrogen-bond acceptors (Lipinski definition) is 8. The normalized spacial score (nSPS) is 12.6. The summed E-state index contributed by atoms with van der Waals surface area (Å²) in [7, 11) is 6.29. The molecule has 3 N–H and O–H groups in total. The lowest BCUT2D eigenvalue weighted by atomic mass is 9.99. The van der Waals surface area contributed by atoms with Gasteiger partial charge in [-0.2, -0.15) is 4.37 Å². The maximum Gasteiger partial charge on any atom is 0.241 e. The van der Waals surface area contributed by atoms with Gasteiger partial charge < -0.3 is 30.0 Å². The van der Waals surface area contributed by atoms with Crippen LogP contribution < -0.4 is 30.0 Å². The maximum absolute atomic E-state index is 12.7. The number of aromatic nitrogens is 1. The number of ether oxygens (including phenoxy) is 4. The number of carbonyl (C=O) groups is 1. The Morgan fingerprint density at radius 3 is 2.21 bits per heavy atom. The van der Waals surface area contributed by atoms with E-state index in [0.717, 1.165) is 28.0 Å². The van der Waals surface area contributed by atoms with E-state index in [1.54, 1.807) is 34.6 Å². The molecule has 3 aromatic rings. The lowest BCUT2D eigenvalue weighted by Crippen LogP contribution is -2.40. The van der Waals surface area contributed by atoms with Crippen LogP contribution in [0, 0.1) is 5.92 Å². The summed E-state index contributed by atoms with van der Waals surface area (Å²) in [5.74, 6) is 1.98. The van der Waals surface area contributed by atoms with Crippen LogP contribution in [0.15, 0.2) is 36.5 Å². The van der Waals surface area contributed by atoms with Crippen LogP contribution in [0.5, 0.6) is 23.0 Å². The second-order valence-corrected chi connectivity index (χ2v) is 8.60. The van der Waals surface area contributed by atoms with Crippen molar-refractivity contribution in [2.45, 2.75) is 26.3 Å². The summed E-state index contributed by atoms with van der Waals surface area (Å²) < 4.78 is 26.3. The maximum atomic E-state index is 12.7. The third-order valence-corrected chi connectivity index (χ3v) is 6.67. The van der Waals surface area contributed by atoms with Gasteiger partial charge in [0.15, 0.2) is 11.5 Å². The van der Waals surface area contributed by atoms with Crippen molar-refractivity contribution in [3.05, 3.63) is 36.5 Å². The number of methoxy groups -OCH3 is 4. The predicted molar refractivity (Wildman–Crippen MR) is 135 cm³/mol. The van der Waals surface area contributed by atoms with E-state index in [1.165, 1.54) is 11.5 Å². The average Bonchev–Trinajstić information content (AvgIpc) is 3.36. The Morgan fingerprint density at radius 2 is 1.65 bits per heavy atom. The Labute approximate surface area is 204 Å². The number of hydrogen-bond donors (Lipinski definition) is 2. The van der Waals surface area contributed by atoms with Crippen molar-refractivity contribution in [3.63, 3.8) is 0 Å². The molecule has 34 heavy (non-hydrogen) atoms. The van der Waals surface area contributed by atoms with Gasteiger partial charge in [0.2, 0.25) is 11.7 Å². The Morgan fingerprint density at radius 1 is 1.00 bits per heavy atom. The number of benzene rings is 2. The molecule has 1 aromatic heterocycles. The first-order valence-corrected chi connectivity index (χ1v) is 11.7. The Hall–Kier alpha value is -3.30. The van der Waals surface area contributed by atoms with E-state index in [1.807, 2.05) is 44.2 Å². The molecule has 8 nitrogen and oxygen atoms in total. The molecule has 0 saturated carbocycles. The Bertz CT molecular complexity index is 1120. The molecule has 1 heterocycles. The van der Waals surface area contributed by atoms with Crippen LogP contribution in [0.3, 0.4) is 0 Å². The lowest BCUT2D eigenvalue weighted by Gasteiger charge is -2.19. The molecule has 0 fully saturated rings. The summed E-state index contributed by atoms with van der Waals surface area (Å²) in [6.45, 7) is 3.96. The highest BCUT2D eigenvalue weighted by Gasteiger charge is 2.22. The zero-order valence-electron chi connectivity index (χ0n) is 20.3. The van der Waals surface area contributed by atoms with Crippen LogP contribution in [-0.2, 0) is 4.79 Å².